The number of halogens is 1. The highest BCUT2D eigenvalue weighted by atomic mass is 35.5. The number of hydrogen-bond acceptors (Lipinski definition) is 6. The van der Waals surface area contributed by atoms with Gasteiger partial charge < -0.3 is 18.9 Å². The largest absolute Gasteiger partial charge is 0.497 e. The Labute approximate surface area is 203 Å². The predicted octanol–water partition coefficient (Wildman–Crippen LogP) is 5.37. The van der Waals surface area contributed by atoms with Crippen molar-refractivity contribution < 1.29 is 23.7 Å². The first-order valence-electron chi connectivity index (χ1n) is 10.6. The van der Waals surface area contributed by atoms with Crippen LogP contribution in [0.1, 0.15) is 33.9 Å². The molecule has 1 aliphatic rings. The van der Waals surface area contributed by atoms with Crippen molar-refractivity contribution in [2.45, 2.75) is 12.5 Å². The minimum Gasteiger partial charge on any atom is -0.497 e. The van der Waals surface area contributed by atoms with Crippen LogP contribution in [0.15, 0.2) is 65.8 Å². The summed E-state index contributed by atoms with van der Waals surface area (Å²) in [5, 5.41) is 6.57. The molecule has 34 heavy (non-hydrogen) atoms. The molecule has 0 saturated carbocycles. The van der Waals surface area contributed by atoms with Crippen LogP contribution in [0.25, 0.3) is 0 Å². The molecule has 0 aliphatic carbocycles. The summed E-state index contributed by atoms with van der Waals surface area (Å²) in [6.45, 7) is 0. The number of ether oxygens (including phenoxy) is 4. The molecule has 1 heterocycles. The number of hydrogen-bond donors (Lipinski definition) is 0. The van der Waals surface area contributed by atoms with Crippen molar-refractivity contribution in [1.82, 2.24) is 5.01 Å². The molecule has 0 N–H and O–H groups in total. The first-order chi connectivity index (χ1) is 16.5. The highest BCUT2D eigenvalue weighted by Crippen LogP contribution is 2.43. The van der Waals surface area contributed by atoms with Crippen LogP contribution in [0.4, 0.5) is 0 Å². The van der Waals surface area contributed by atoms with Crippen molar-refractivity contribution in [3.05, 3.63) is 82.4 Å². The lowest BCUT2D eigenvalue weighted by Crippen LogP contribution is -2.27. The molecular formula is C26H25ClN2O5. The molecule has 1 atom stereocenters. The predicted molar refractivity (Wildman–Crippen MR) is 131 cm³/mol. The van der Waals surface area contributed by atoms with Gasteiger partial charge in [-0.3, -0.25) is 4.79 Å². The Morgan fingerprint density at radius 1 is 0.912 bits per heavy atom. The number of methoxy groups -OCH3 is 4. The van der Waals surface area contributed by atoms with Gasteiger partial charge >= 0.3 is 0 Å². The molecule has 1 amide bonds. The maximum atomic E-state index is 13.6. The average Bonchev–Trinajstić information content (AvgIpc) is 3.32. The summed E-state index contributed by atoms with van der Waals surface area (Å²) in [6.07, 6.45) is 0.433. The molecule has 3 aromatic rings. The van der Waals surface area contributed by atoms with Gasteiger partial charge in [-0.25, -0.2) is 5.01 Å². The molecule has 0 radical (unpaired) electrons. The van der Waals surface area contributed by atoms with Gasteiger partial charge in [0.25, 0.3) is 5.91 Å². The molecule has 4 rings (SSSR count). The first-order valence-corrected chi connectivity index (χ1v) is 11.0. The molecule has 0 fully saturated rings. The fourth-order valence-corrected chi connectivity index (χ4v) is 4.29. The Bertz CT molecular complexity index is 1240. The summed E-state index contributed by atoms with van der Waals surface area (Å²) < 4.78 is 22.1. The van der Waals surface area contributed by atoms with Crippen molar-refractivity contribution >= 4 is 23.2 Å². The third kappa shape index (κ3) is 4.26. The lowest BCUT2D eigenvalue weighted by molar-refractivity contribution is 0.0709. The molecule has 0 saturated heterocycles. The number of amides is 1. The van der Waals surface area contributed by atoms with Gasteiger partial charge in [-0.05, 0) is 30.3 Å². The zero-order valence-corrected chi connectivity index (χ0v) is 20.1. The van der Waals surface area contributed by atoms with E-state index in [1.165, 1.54) is 5.01 Å². The van der Waals surface area contributed by atoms with Crippen molar-refractivity contribution in [3.8, 4) is 23.0 Å². The number of benzene rings is 3. The molecule has 0 bridgehead atoms. The van der Waals surface area contributed by atoms with Crippen LogP contribution in [0.5, 0.6) is 23.0 Å². The van der Waals surface area contributed by atoms with Crippen molar-refractivity contribution in [1.29, 1.82) is 0 Å². The standard InChI is InChI=1S/C26H25ClN2O5/c1-31-16-12-13-18(24(14-16)33-3)21-15-22(19-9-7-11-23(32-2)25(19)34-4)29(28-21)26(30)17-8-5-6-10-20(17)27/h5-14,22H,15H2,1-4H3. The third-order valence-electron chi connectivity index (χ3n) is 5.73. The smallest absolute Gasteiger partial charge is 0.276 e. The van der Waals surface area contributed by atoms with E-state index in [0.717, 1.165) is 11.1 Å². The monoisotopic (exact) mass is 480 g/mol. The van der Waals surface area contributed by atoms with Gasteiger partial charge in [0.1, 0.15) is 11.5 Å². The second kappa shape index (κ2) is 10.1. The van der Waals surface area contributed by atoms with E-state index in [2.05, 4.69) is 0 Å². The maximum absolute atomic E-state index is 13.6. The summed E-state index contributed by atoms with van der Waals surface area (Å²) in [5.74, 6) is 2.06. The van der Waals surface area contributed by atoms with Crippen LogP contribution in [-0.2, 0) is 0 Å². The molecule has 1 unspecified atom stereocenters. The van der Waals surface area contributed by atoms with Gasteiger partial charge in [-0.2, -0.15) is 5.10 Å². The number of para-hydroxylation sites is 1. The molecule has 3 aromatic carbocycles. The Balaban J connectivity index is 1.84. The van der Waals surface area contributed by atoms with E-state index in [9.17, 15) is 4.79 Å². The Hall–Kier alpha value is -3.71. The fourth-order valence-electron chi connectivity index (χ4n) is 4.07. The van der Waals surface area contributed by atoms with E-state index >= 15 is 0 Å². The normalized spacial score (nSPS) is 15.0. The number of hydrazone groups is 1. The van der Waals surface area contributed by atoms with E-state index in [0.29, 0.717) is 45.7 Å². The van der Waals surface area contributed by atoms with Gasteiger partial charge in [0.2, 0.25) is 0 Å². The lowest BCUT2D eigenvalue weighted by Gasteiger charge is -2.24. The van der Waals surface area contributed by atoms with Gasteiger partial charge in [-0.1, -0.05) is 35.9 Å². The fraction of sp³-hybridized carbons (Fsp3) is 0.231. The Morgan fingerprint density at radius 2 is 1.68 bits per heavy atom. The van der Waals surface area contributed by atoms with E-state index in [1.54, 1.807) is 58.8 Å². The van der Waals surface area contributed by atoms with Crippen molar-refractivity contribution in [2.24, 2.45) is 5.10 Å². The first kappa shape index (κ1) is 23.4. The van der Waals surface area contributed by atoms with Crippen molar-refractivity contribution in [2.75, 3.05) is 28.4 Å². The molecule has 8 heteroatoms. The summed E-state index contributed by atoms with van der Waals surface area (Å²) in [4.78, 5) is 13.6. The van der Waals surface area contributed by atoms with E-state index in [4.69, 9.17) is 35.6 Å². The van der Waals surface area contributed by atoms with Crippen LogP contribution < -0.4 is 18.9 Å². The second-order valence-electron chi connectivity index (χ2n) is 7.55. The number of carbonyl (C=O) groups is 1. The summed E-state index contributed by atoms with van der Waals surface area (Å²) in [7, 11) is 6.33. The quantitative estimate of drug-likeness (QED) is 0.455. The molecule has 176 valence electrons. The SMILES string of the molecule is COc1ccc(C2=NN(C(=O)c3ccccc3Cl)C(c3cccc(OC)c3OC)C2)c(OC)c1. The van der Waals surface area contributed by atoms with E-state index < -0.39 is 6.04 Å². The maximum Gasteiger partial charge on any atom is 0.276 e. The Kier molecular flexibility index (Phi) is 6.93. The van der Waals surface area contributed by atoms with Crippen LogP contribution in [0.3, 0.4) is 0 Å². The highest BCUT2D eigenvalue weighted by molar-refractivity contribution is 6.33. The van der Waals surface area contributed by atoms with E-state index in [-0.39, 0.29) is 5.91 Å². The average molecular weight is 481 g/mol. The van der Waals surface area contributed by atoms with Crippen LogP contribution in [0.2, 0.25) is 5.02 Å². The summed E-state index contributed by atoms with van der Waals surface area (Å²) >= 11 is 6.36. The van der Waals surface area contributed by atoms with Crippen molar-refractivity contribution in [3.63, 3.8) is 0 Å². The molecule has 0 spiro atoms. The minimum atomic E-state index is -0.448. The summed E-state index contributed by atoms with van der Waals surface area (Å²) in [5.41, 5.74) is 2.59. The molecule has 1 aliphatic heterocycles. The van der Waals surface area contributed by atoms with Gasteiger partial charge in [-0.15, -0.1) is 0 Å². The lowest BCUT2D eigenvalue weighted by atomic mass is 9.96. The zero-order valence-electron chi connectivity index (χ0n) is 19.4. The van der Waals surface area contributed by atoms with Gasteiger partial charge in [0.15, 0.2) is 11.5 Å². The Morgan fingerprint density at radius 3 is 2.35 bits per heavy atom. The third-order valence-corrected chi connectivity index (χ3v) is 6.06. The van der Waals surface area contributed by atoms with Gasteiger partial charge in [0.05, 0.1) is 50.8 Å². The number of carbonyl (C=O) groups excluding carboxylic acids is 1. The summed E-state index contributed by atoms with van der Waals surface area (Å²) in [6, 6.07) is 17.5. The van der Waals surface area contributed by atoms with Gasteiger partial charge in [0, 0.05) is 23.6 Å². The van der Waals surface area contributed by atoms with Crippen LogP contribution in [0, 0.1) is 0 Å². The number of rotatable bonds is 7. The molecular weight excluding hydrogens is 456 g/mol. The van der Waals surface area contributed by atoms with Crippen LogP contribution >= 0.6 is 11.6 Å². The zero-order chi connectivity index (χ0) is 24.2. The topological polar surface area (TPSA) is 69.6 Å². The molecule has 0 aromatic heterocycles. The second-order valence-corrected chi connectivity index (χ2v) is 7.95. The minimum absolute atomic E-state index is 0.317. The highest BCUT2D eigenvalue weighted by Gasteiger charge is 2.37. The molecule has 7 nitrogen and oxygen atoms in total. The van der Waals surface area contributed by atoms with E-state index in [1.807, 2.05) is 30.3 Å². The number of nitrogens with zero attached hydrogens (tertiary/aromatic N) is 2. The van der Waals surface area contributed by atoms with Crippen LogP contribution in [-0.4, -0.2) is 45.1 Å².